The van der Waals surface area contributed by atoms with Crippen molar-refractivity contribution >= 4 is 103 Å². The maximum Gasteiger partial charge on any atom is 0.235 e. The van der Waals surface area contributed by atoms with Crippen LogP contribution in [0.3, 0.4) is 0 Å². The van der Waals surface area contributed by atoms with Gasteiger partial charge in [0, 0.05) is 49.5 Å². The molecule has 0 spiro atoms. The Bertz CT molecular complexity index is 3390. The van der Waals surface area contributed by atoms with Gasteiger partial charge in [0.2, 0.25) is 5.95 Å². The zero-order chi connectivity index (χ0) is 35.7. The van der Waals surface area contributed by atoms with Gasteiger partial charge in [-0.05, 0) is 75.8 Å². The van der Waals surface area contributed by atoms with E-state index in [0.717, 1.165) is 71.1 Å². The van der Waals surface area contributed by atoms with Gasteiger partial charge in [0.25, 0.3) is 0 Å². The van der Waals surface area contributed by atoms with Gasteiger partial charge in [0.05, 0.1) is 27.3 Å². The first kappa shape index (κ1) is 29.9. The van der Waals surface area contributed by atoms with E-state index in [2.05, 4.69) is 140 Å². The molecule has 7 aromatic carbocycles. The number of fused-ring (bicyclic) bond motifs is 15. The molecule has 0 unspecified atom stereocenters. The van der Waals surface area contributed by atoms with Crippen molar-refractivity contribution in [2.45, 2.75) is 19.3 Å². The molecule has 254 valence electrons. The first-order chi connectivity index (χ1) is 26.5. The van der Waals surface area contributed by atoms with E-state index >= 15 is 0 Å². The van der Waals surface area contributed by atoms with Crippen molar-refractivity contribution in [1.82, 2.24) is 15.0 Å². The van der Waals surface area contributed by atoms with Crippen LogP contribution < -0.4 is 4.90 Å². The van der Waals surface area contributed by atoms with Crippen LogP contribution in [0.4, 0.5) is 17.3 Å². The SMILES string of the molecule is CC1(C)c2ccccc2N(c2nc(-c3ccc4oc5ccccc5c4c3)c3ccc4ccccc4c3n2)c2c1c1ccccc1c1c2sc2ncccc21. The normalized spacial score (nSPS) is 13.9. The van der Waals surface area contributed by atoms with E-state index in [1.54, 1.807) is 11.3 Å². The Hall–Kier alpha value is -6.63. The second-order valence-corrected chi connectivity index (χ2v) is 15.8. The molecular formula is C48H30N4OS. The molecule has 5 heterocycles. The molecule has 0 atom stereocenters. The second kappa shape index (κ2) is 10.7. The fourth-order valence-corrected chi connectivity index (χ4v) is 10.3. The van der Waals surface area contributed by atoms with E-state index in [9.17, 15) is 0 Å². The molecule has 0 aliphatic carbocycles. The number of rotatable bonds is 2. The molecule has 54 heavy (non-hydrogen) atoms. The molecule has 0 saturated carbocycles. The number of para-hydroxylation sites is 2. The summed E-state index contributed by atoms with van der Waals surface area (Å²) in [6, 6.07) is 49.5. The smallest absolute Gasteiger partial charge is 0.235 e. The van der Waals surface area contributed by atoms with Gasteiger partial charge < -0.3 is 4.42 Å². The Balaban J connectivity index is 1.25. The maximum atomic E-state index is 6.26. The third-order valence-electron chi connectivity index (χ3n) is 11.5. The lowest BCUT2D eigenvalue weighted by Crippen LogP contribution is -2.31. The topological polar surface area (TPSA) is 55.1 Å². The Morgan fingerprint density at radius 2 is 1.35 bits per heavy atom. The number of aromatic nitrogens is 3. The minimum Gasteiger partial charge on any atom is -0.456 e. The fourth-order valence-electron chi connectivity index (χ4n) is 9.08. The average molecular weight is 711 g/mol. The molecule has 0 fully saturated rings. The first-order valence-electron chi connectivity index (χ1n) is 18.3. The highest BCUT2D eigenvalue weighted by molar-refractivity contribution is 7.26. The summed E-state index contributed by atoms with van der Waals surface area (Å²) in [4.78, 5) is 19.5. The number of nitrogens with zero attached hydrogens (tertiary/aromatic N) is 4. The van der Waals surface area contributed by atoms with Crippen LogP contribution in [-0.2, 0) is 5.41 Å². The van der Waals surface area contributed by atoms with Gasteiger partial charge in [-0.25, -0.2) is 15.0 Å². The van der Waals surface area contributed by atoms with Crippen LogP contribution in [0, 0.1) is 0 Å². The van der Waals surface area contributed by atoms with Crippen molar-refractivity contribution in [1.29, 1.82) is 0 Å². The number of hydrogen-bond donors (Lipinski definition) is 0. The molecule has 5 nitrogen and oxygen atoms in total. The van der Waals surface area contributed by atoms with Crippen LogP contribution in [0.1, 0.15) is 25.0 Å². The Morgan fingerprint density at radius 1 is 0.611 bits per heavy atom. The van der Waals surface area contributed by atoms with Crippen molar-refractivity contribution in [3.63, 3.8) is 0 Å². The van der Waals surface area contributed by atoms with E-state index < -0.39 is 0 Å². The van der Waals surface area contributed by atoms with Crippen molar-refractivity contribution < 1.29 is 4.42 Å². The molecule has 12 rings (SSSR count). The minimum atomic E-state index is -0.320. The molecule has 0 saturated heterocycles. The summed E-state index contributed by atoms with van der Waals surface area (Å²) in [5.74, 6) is 0.636. The highest BCUT2D eigenvalue weighted by Crippen LogP contribution is 2.58. The van der Waals surface area contributed by atoms with E-state index in [-0.39, 0.29) is 5.41 Å². The van der Waals surface area contributed by atoms with Crippen molar-refractivity contribution in [2.24, 2.45) is 0 Å². The standard InChI is InChI=1S/C48H30N4OS/c1-48(2)36-18-8-9-19-37(36)52(44-41(48)32-16-6-5-15-31(32)40-33-17-11-25-49-46(33)54-45(40)44)47-50-42(34-23-21-27-12-3-4-13-29(27)43(34)51-47)28-22-24-39-35(26-28)30-14-7-10-20-38(30)53-39/h3-26H,1-2H3. The van der Waals surface area contributed by atoms with Crippen LogP contribution in [0.5, 0.6) is 0 Å². The molecule has 6 heteroatoms. The number of anilines is 3. The number of hydrogen-bond acceptors (Lipinski definition) is 6. The number of furan rings is 1. The molecule has 0 radical (unpaired) electrons. The summed E-state index contributed by atoms with van der Waals surface area (Å²) in [6.45, 7) is 4.72. The van der Waals surface area contributed by atoms with E-state index in [1.165, 1.54) is 37.4 Å². The maximum absolute atomic E-state index is 6.26. The van der Waals surface area contributed by atoms with Crippen molar-refractivity contribution in [3.8, 4) is 11.3 Å². The van der Waals surface area contributed by atoms with Gasteiger partial charge >= 0.3 is 0 Å². The van der Waals surface area contributed by atoms with Gasteiger partial charge in [-0.2, -0.15) is 0 Å². The van der Waals surface area contributed by atoms with Crippen LogP contribution >= 0.6 is 11.3 Å². The van der Waals surface area contributed by atoms with Crippen LogP contribution in [0.15, 0.2) is 150 Å². The fraction of sp³-hybridized carbons (Fsp3) is 0.0625. The molecule has 1 aliphatic heterocycles. The minimum absolute atomic E-state index is 0.320. The van der Waals surface area contributed by atoms with Crippen LogP contribution in [0.2, 0.25) is 0 Å². The highest BCUT2D eigenvalue weighted by Gasteiger charge is 2.41. The van der Waals surface area contributed by atoms with Gasteiger partial charge in [0.1, 0.15) is 16.0 Å². The predicted octanol–water partition coefficient (Wildman–Crippen LogP) is 13.4. The van der Waals surface area contributed by atoms with Gasteiger partial charge in [-0.1, -0.05) is 105 Å². The lowest BCUT2D eigenvalue weighted by Gasteiger charge is -2.42. The molecule has 11 aromatic rings. The van der Waals surface area contributed by atoms with E-state index in [1.807, 2.05) is 24.4 Å². The molecule has 1 aliphatic rings. The van der Waals surface area contributed by atoms with Crippen LogP contribution in [0.25, 0.3) is 85.9 Å². The lowest BCUT2D eigenvalue weighted by atomic mass is 9.71. The largest absolute Gasteiger partial charge is 0.456 e. The molecule has 4 aromatic heterocycles. The molecule has 0 amide bonds. The van der Waals surface area contributed by atoms with Crippen molar-refractivity contribution in [3.05, 3.63) is 157 Å². The van der Waals surface area contributed by atoms with E-state index in [0.29, 0.717) is 5.95 Å². The lowest BCUT2D eigenvalue weighted by molar-refractivity contribution is 0.638. The van der Waals surface area contributed by atoms with E-state index in [4.69, 9.17) is 19.4 Å². The number of benzene rings is 7. The summed E-state index contributed by atoms with van der Waals surface area (Å²) < 4.78 is 7.45. The molecular weight excluding hydrogens is 681 g/mol. The predicted molar refractivity (Wildman–Crippen MR) is 225 cm³/mol. The summed E-state index contributed by atoms with van der Waals surface area (Å²) in [5, 5.41) is 10.3. The molecule has 0 bridgehead atoms. The first-order valence-corrected chi connectivity index (χ1v) is 19.1. The average Bonchev–Trinajstić information content (AvgIpc) is 3.79. The van der Waals surface area contributed by atoms with Crippen molar-refractivity contribution in [2.75, 3.05) is 4.90 Å². The quantitative estimate of drug-likeness (QED) is 0.167. The summed E-state index contributed by atoms with van der Waals surface area (Å²) in [7, 11) is 0. The number of thiophene rings is 1. The Labute approximate surface area is 313 Å². The monoisotopic (exact) mass is 710 g/mol. The zero-order valence-electron chi connectivity index (χ0n) is 29.5. The zero-order valence-corrected chi connectivity index (χ0v) is 30.3. The number of pyridine rings is 1. The third kappa shape index (κ3) is 3.95. The van der Waals surface area contributed by atoms with Crippen LogP contribution in [-0.4, -0.2) is 15.0 Å². The Kier molecular flexibility index (Phi) is 5.93. The third-order valence-corrected chi connectivity index (χ3v) is 12.6. The Morgan fingerprint density at radius 3 is 2.26 bits per heavy atom. The van der Waals surface area contributed by atoms with Gasteiger partial charge in [-0.3, -0.25) is 4.90 Å². The summed E-state index contributed by atoms with van der Waals surface area (Å²) >= 11 is 1.76. The molecule has 0 N–H and O–H groups in total. The summed E-state index contributed by atoms with van der Waals surface area (Å²) in [6.07, 6.45) is 1.90. The highest BCUT2D eigenvalue weighted by atomic mass is 32.1. The second-order valence-electron chi connectivity index (χ2n) is 14.8. The van der Waals surface area contributed by atoms with Gasteiger partial charge in [-0.15, -0.1) is 11.3 Å². The van der Waals surface area contributed by atoms with Gasteiger partial charge in [0.15, 0.2) is 0 Å². The summed E-state index contributed by atoms with van der Waals surface area (Å²) in [5.41, 5.74) is 8.94.